The molecule has 0 spiro atoms. The third-order valence-electron chi connectivity index (χ3n) is 5.66. The monoisotopic (exact) mass is 357 g/mol. The highest BCUT2D eigenvalue weighted by molar-refractivity contribution is 5.64. The van der Waals surface area contributed by atoms with Gasteiger partial charge >= 0.3 is 0 Å². The molecule has 1 heterocycles. The van der Waals surface area contributed by atoms with Gasteiger partial charge in [-0.15, -0.1) is 0 Å². The van der Waals surface area contributed by atoms with Crippen molar-refractivity contribution in [2.45, 2.75) is 32.1 Å². The maximum Gasteiger partial charge on any atom is 0.0526 e. The lowest BCUT2D eigenvalue weighted by Gasteiger charge is -2.21. The maximum atomic E-state index is 4.18. The van der Waals surface area contributed by atoms with Crippen LogP contribution in [0.1, 0.15) is 36.0 Å². The van der Waals surface area contributed by atoms with Gasteiger partial charge in [-0.2, -0.15) is 0 Å². The number of pyridine rings is 1. The summed E-state index contributed by atoms with van der Waals surface area (Å²) in [4.78, 5) is 6.46. The highest BCUT2D eigenvalue weighted by atomic mass is 15.1. The van der Waals surface area contributed by atoms with Gasteiger partial charge in [-0.25, -0.2) is 0 Å². The Balaban J connectivity index is 1.47. The number of fused-ring (bicyclic) bond motifs is 1. The number of aryl methyl sites for hydroxylation is 2. The average molecular weight is 358 g/mol. The van der Waals surface area contributed by atoms with Crippen LogP contribution < -0.4 is 10.2 Å². The zero-order valence-corrected chi connectivity index (χ0v) is 16.2. The Labute approximate surface area is 162 Å². The Morgan fingerprint density at radius 2 is 1.89 bits per heavy atom. The van der Waals surface area contributed by atoms with Gasteiger partial charge in [-0.3, -0.25) is 4.98 Å². The molecule has 0 saturated heterocycles. The second-order valence-electron chi connectivity index (χ2n) is 7.32. The Morgan fingerprint density at radius 3 is 2.63 bits per heavy atom. The zero-order chi connectivity index (χ0) is 18.6. The van der Waals surface area contributed by atoms with E-state index in [2.05, 4.69) is 77.7 Å². The number of aromatic nitrogens is 1. The summed E-state index contributed by atoms with van der Waals surface area (Å²) >= 11 is 0. The van der Waals surface area contributed by atoms with Crippen LogP contribution in [0.3, 0.4) is 0 Å². The molecule has 1 aromatic heterocycles. The third kappa shape index (κ3) is 3.82. The van der Waals surface area contributed by atoms with Gasteiger partial charge in [0.1, 0.15) is 0 Å². The minimum absolute atomic E-state index is 0.573. The first kappa shape index (κ1) is 17.6. The van der Waals surface area contributed by atoms with Gasteiger partial charge in [0.05, 0.1) is 5.69 Å². The fourth-order valence-corrected chi connectivity index (χ4v) is 3.93. The number of nitrogens with zero attached hydrogens (tertiary/aromatic N) is 2. The van der Waals surface area contributed by atoms with Crippen molar-refractivity contribution >= 4 is 17.1 Å². The van der Waals surface area contributed by atoms with E-state index in [1.54, 1.807) is 0 Å². The number of rotatable bonds is 6. The molecule has 4 rings (SSSR count). The fraction of sp³-hybridized carbons (Fsp3) is 0.292. The van der Waals surface area contributed by atoms with Crippen LogP contribution in [0.5, 0.6) is 0 Å². The Bertz CT molecular complexity index is 887. The maximum absolute atomic E-state index is 4.18. The molecule has 2 aromatic carbocycles. The first-order valence-electron chi connectivity index (χ1n) is 9.84. The van der Waals surface area contributed by atoms with E-state index in [0.717, 1.165) is 25.1 Å². The Hall–Kier alpha value is -2.81. The molecule has 1 N–H and O–H groups in total. The summed E-state index contributed by atoms with van der Waals surface area (Å²) in [6, 6.07) is 19.9. The molecule has 1 atom stereocenters. The summed E-state index contributed by atoms with van der Waals surface area (Å²) in [5.41, 5.74) is 7.95. The quantitative estimate of drug-likeness (QED) is 0.626. The van der Waals surface area contributed by atoms with Crippen molar-refractivity contribution < 1.29 is 0 Å². The molecule has 0 unspecified atom stereocenters. The molecule has 0 bridgehead atoms. The van der Waals surface area contributed by atoms with E-state index in [9.17, 15) is 0 Å². The molecule has 3 aromatic rings. The molecular formula is C24H27N3. The SMILES string of the molecule is CCc1ccc(N(C)c2ccc3c(c2)CC[C@H]3CNc2cccnc2)cc1. The minimum Gasteiger partial charge on any atom is -0.383 e. The van der Waals surface area contributed by atoms with E-state index in [1.807, 2.05) is 18.5 Å². The summed E-state index contributed by atoms with van der Waals surface area (Å²) in [5, 5.41) is 3.53. The van der Waals surface area contributed by atoms with Gasteiger partial charge in [-0.1, -0.05) is 25.1 Å². The van der Waals surface area contributed by atoms with E-state index in [0.29, 0.717) is 5.92 Å². The molecule has 0 radical (unpaired) electrons. The summed E-state index contributed by atoms with van der Waals surface area (Å²) in [6.45, 7) is 3.16. The van der Waals surface area contributed by atoms with Crippen molar-refractivity contribution in [3.63, 3.8) is 0 Å². The lowest BCUT2D eigenvalue weighted by Crippen LogP contribution is -2.11. The van der Waals surface area contributed by atoms with Crippen LogP contribution in [0.2, 0.25) is 0 Å². The lowest BCUT2D eigenvalue weighted by atomic mass is 10.0. The smallest absolute Gasteiger partial charge is 0.0526 e. The molecule has 0 fully saturated rings. The van der Waals surface area contributed by atoms with E-state index < -0.39 is 0 Å². The van der Waals surface area contributed by atoms with E-state index in [4.69, 9.17) is 0 Å². The topological polar surface area (TPSA) is 28.2 Å². The van der Waals surface area contributed by atoms with Gasteiger partial charge in [0, 0.05) is 43.3 Å². The standard InChI is InChI=1S/C24H27N3/c1-3-18-6-10-22(11-7-18)27(2)23-12-13-24-19(15-23)8-9-20(24)16-26-21-5-4-14-25-17-21/h4-7,10-15,17,20,26H,3,8-9,16H2,1-2H3/t20-/m0/s1. The van der Waals surface area contributed by atoms with Crippen molar-refractivity contribution in [1.82, 2.24) is 4.98 Å². The number of hydrogen-bond donors (Lipinski definition) is 1. The molecule has 27 heavy (non-hydrogen) atoms. The first-order chi connectivity index (χ1) is 13.2. The van der Waals surface area contributed by atoms with Gasteiger partial charge in [0.2, 0.25) is 0 Å². The first-order valence-corrected chi connectivity index (χ1v) is 9.84. The summed E-state index contributed by atoms with van der Waals surface area (Å²) < 4.78 is 0. The number of hydrogen-bond acceptors (Lipinski definition) is 3. The van der Waals surface area contributed by atoms with Gasteiger partial charge in [0.15, 0.2) is 0 Å². The summed E-state index contributed by atoms with van der Waals surface area (Å²) in [5.74, 6) is 0.573. The largest absolute Gasteiger partial charge is 0.383 e. The van der Waals surface area contributed by atoms with Crippen molar-refractivity contribution in [3.05, 3.63) is 83.7 Å². The average Bonchev–Trinajstić information content (AvgIpc) is 3.15. The molecule has 0 amide bonds. The Morgan fingerprint density at radius 1 is 1.07 bits per heavy atom. The molecule has 1 aliphatic rings. The molecule has 1 aliphatic carbocycles. The van der Waals surface area contributed by atoms with Crippen LogP contribution in [-0.2, 0) is 12.8 Å². The Kier molecular flexibility index (Phi) is 5.10. The number of benzene rings is 2. The second kappa shape index (κ2) is 7.83. The van der Waals surface area contributed by atoms with E-state index in [-0.39, 0.29) is 0 Å². The zero-order valence-electron chi connectivity index (χ0n) is 16.2. The van der Waals surface area contributed by atoms with Crippen molar-refractivity contribution in [2.24, 2.45) is 0 Å². The fourth-order valence-electron chi connectivity index (χ4n) is 3.93. The normalized spacial score (nSPS) is 15.4. The molecular weight excluding hydrogens is 330 g/mol. The lowest BCUT2D eigenvalue weighted by molar-refractivity contribution is 0.709. The summed E-state index contributed by atoms with van der Waals surface area (Å²) in [7, 11) is 2.15. The molecule has 138 valence electrons. The molecule has 3 nitrogen and oxygen atoms in total. The van der Waals surface area contributed by atoms with Crippen LogP contribution in [-0.4, -0.2) is 18.6 Å². The van der Waals surface area contributed by atoms with Crippen LogP contribution in [0.25, 0.3) is 0 Å². The van der Waals surface area contributed by atoms with Crippen molar-refractivity contribution in [3.8, 4) is 0 Å². The van der Waals surface area contributed by atoms with E-state index >= 15 is 0 Å². The van der Waals surface area contributed by atoms with Crippen LogP contribution in [0.4, 0.5) is 17.1 Å². The molecule has 0 saturated carbocycles. The molecule has 0 aliphatic heterocycles. The summed E-state index contributed by atoms with van der Waals surface area (Å²) in [6.07, 6.45) is 7.14. The minimum atomic E-state index is 0.573. The van der Waals surface area contributed by atoms with Crippen LogP contribution in [0.15, 0.2) is 67.0 Å². The van der Waals surface area contributed by atoms with Crippen LogP contribution >= 0.6 is 0 Å². The van der Waals surface area contributed by atoms with Crippen molar-refractivity contribution in [1.29, 1.82) is 0 Å². The van der Waals surface area contributed by atoms with Gasteiger partial charge in [0.25, 0.3) is 0 Å². The number of nitrogens with one attached hydrogen (secondary N) is 1. The predicted octanol–water partition coefficient (Wildman–Crippen LogP) is 5.55. The van der Waals surface area contributed by atoms with Gasteiger partial charge in [-0.05, 0) is 72.4 Å². The highest BCUT2D eigenvalue weighted by Crippen LogP contribution is 2.36. The number of anilines is 3. The third-order valence-corrected chi connectivity index (χ3v) is 5.66. The second-order valence-corrected chi connectivity index (χ2v) is 7.32. The van der Waals surface area contributed by atoms with Crippen molar-refractivity contribution in [2.75, 3.05) is 23.8 Å². The van der Waals surface area contributed by atoms with Crippen LogP contribution in [0, 0.1) is 0 Å². The molecule has 3 heteroatoms. The van der Waals surface area contributed by atoms with E-state index in [1.165, 1.54) is 34.5 Å². The van der Waals surface area contributed by atoms with Gasteiger partial charge < -0.3 is 10.2 Å². The highest BCUT2D eigenvalue weighted by Gasteiger charge is 2.23. The predicted molar refractivity (Wildman–Crippen MR) is 114 cm³/mol.